The van der Waals surface area contributed by atoms with Gasteiger partial charge in [-0.1, -0.05) is 12.1 Å². The molecule has 234 valence electrons. The van der Waals surface area contributed by atoms with Gasteiger partial charge < -0.3 is 23.4 Å². The first-order valence-corrected chi connectivity index (χ1v) is 16.9. The molecule has 45 heavy (non-hydrogen) atoms. The van der Waals surface area contributed by atoms with Crippen LogP contribution < -0.4 is 15.7 Å². The number of hydrogen-bond donors (Lipinski definition) is 0. The third-order valence-electron chi connectivity index (χ3n) is 11.0. The van der Waals surface area contributed by atoms with Gasteiger partial charge in [0.15, 0.2) is 0 Å². The Hall–Kier alpha value is -2.62. The summed E-state index contributed by atoms with van der Waals surface area (Å²) in [5.74, 6) is 0.133. The van der Waals surface area contributed by atoms with Crippen molar-refractivity contribution in [1.82, 2.24) is 4.57 Å². The predicted octanol–water partition coefficient (Wildman–Crippen LogP) is 6.93. The van der Waals surface area contributed by atoms with E-state index in [4.69, 9.17) is 23.4 Å². The van der Waals surface area contributed by atoms with Gasteiger partial charge in [-0.3, -0.25) is 4.57 Å². The van der Waals surface area contributed by atoms with Crippen molar-refractivity contribution in [1.29, 1.82) is 0 Å². The SMILES string of the molecule is CC1(C)OB(c2cc(F)c3c(c2)OC(c2cc4c(s2)CCCC4)n2c-3cc3cc(B4OC(C)(C)C(C)(C)O4)ccc32)OC1(C)C. The van der Waals surface area contributed by atoms with E-state index in [1.165, 1.54) is 29.3 Å². The molecule has 0 N–H and O–H groups in total. The molecule has 0 bridgehead atoms. The average Bonchev–Trinajstić information content (AvgIpc) is 3.66. The largest absolute Gasteiger partial charge is 0.495 e. The first-order valence-electron chi connectivity index (χ1n) is 16.1. The Kier molecular flexibility index (Phi) is 6.42. The Labute approximate surface area is 269 Å². The first-order chi connectivity index (χ1) is 21.1. The van der Waals surface area contributed by atoms with Gasteiger partial charge in [-0.2, -0.15) is 0 Å². The maximum atomic E-state index is 16.3. The van der Waals surface area contributed by atoms with Crippen LogP contribution in [0.5, 0.6) is 5.75 Å². The Morgan fingerprint density at radius 3 is 2.02 bits per heavy atom. The first kappa shape index (κ1) is 29.8. The summed E-state index contributed by atoms with van der Waals surface area (Å²) in [7, 11) is -1.18. The zero-order valence-corrected chi connectivity index (χ0v) is 28.2. The standard InChI is InChI=1S/C35H40B2FNO5S/c1-32(2)33(3,4)42-36(41-32)22-13-14-25-21(15-22)16-26-30-24(38)18-23(37-43-34(5,6)35(7,8)44-37)19-27(30)40-31(39(25)26)29-17-20-11-9-10-12-28(20)45-29/h13-19,31H,9-12H2,1-8H3. The van der Waals surface area contributed by atoms with E-state index < -0.39 is 42.9 Å². The molecule has 6 nitrogen and oxygen atoms in total. The minimum absolute atomic E-state index is 0.364. The fourth-order valence-corrected chi connectivity index (χ4v) is 8.16. The third-order valence-corrected chi connectivity index (χ3v) is 12.2. The highest BCUT2D eigenvalue weighted by Crippen LogP contribution is 2.48. The zero-order valence-electron chi connectivity index (χ0n) is 27.4. The molecule has 4 aliphatic rings. The van der Waals surface area contributed by atoms with Gasteiger partial charge in [-0.05, 0) is 128 Å². The molecule has 0 spiro atoms. The van der Waals surface area contributed by atoms with Crippen molar-refractivity contribution in [3.8, 4) is 17.0 Å². The van der Waals surface area contributed by atoms with E-state index >= 15 is 4.39 Å². The molecule has 2 aromatic carbocycles. The Bertz CT molecular complexity index is 1800. The van der Waals surface area contributed by atoms with Crippen LogP contribution in [0.15, 0.2) is 42.5 Å². The highest BCUT2D eigenvalue weighted by Gasteiger charge is 2.53. The van der Waals surface area contributed by atoms with E-state index in [0.717, 1.165) is 39.8 Å². The van der Waals surface area contributed by atoms with Gasteiger partial charge in [0.25, 0.3) is 0 Å². The quantitative estimate of drug-likeness (QED) is 0.231. The van der Waals surface area contributed by atoms with Crippen molar-refractivity contribution < 1.29 is 27.7 Å². The van der Waals surface area contributed by atoms with Gasteiger partial charge in [0.05, 0.1) is 44.1 Å². The van der Waals surface area contributed by atoms with Crippen molar-refractivity contribution in [2.75, 3.05) is 0 Å². The second-order valence-corrected chi connectivity index (χ2v) is 16.2. The minimum Gasteiger partial charge on any atom is -0.464 e. The van der Waals surface area contributed by atoms with Crippen LogP contribution in [0.4, 0.5) is 4.39 Å². The van der Waals surface area contributed by atoms with Gasteiger partial charge in [-0.15, -0.1) is 11.3 Å². The van der Waals surface area contributed by atoms with Crippen molar-refractivity contribution in [2.24, 2.45) is 0 Å². The van der Waals surface area contributed by atoms with E-state index in [-0.39, 0.29) is 5.82 Å². The number of hydrogen-bond acceptors (Lipinski definition) is 6. The summed E-state index contributed by atoms with van der Waals surface area (Å²) in [4.78, 5) is 2.56. The lowest BCUT2D eigenvalue weighted by Gasteiger charge is -2.32. The van der Waals surface area contributed by atoms with Gasteiger partial charge in [0.1, 0.15) is 11.6 Å². The number of ether oxygens (including phenoxy) is 1. The third kappa shape index (κ3) is 4.50. The van der Waals surface area contributed by atoms with Crippen LogP contribution in [0.2, 0.25) is 0 Å². The summed E-state index contributed by atoms with van der Waals surface area (Å²) in [5, 5.41) is 0.981. The second kappa shape index (κ2) is 9.71. The van der Waals surface area contributed by atoms with E-state index in [1.54, 1.807) is 0 Å². The molecule has 0 radical (unpaired) electrons. The van der Waals surface area contributed by atoms with Gasteiger partial charge in [-0.25, -0.2) is 4.39 Å². The normalized spacial score (nSPS) is 24.0. The molecule has 10 heteroatoms. The zero-order chi connectivity index (χ0) is 31.7. The molecule has 4 aromatic rings. The van der Waals surface area contributed by atoms with Crippen molar-refractivity contribution in [3.63, 3.8) is 0 Å². The highest BCUT2D eigenvalue weighted by atomic mass is 32.1. The Morgan fingerprint density at radius 1 is 0.756 bits per heavy atom. The molecule has 0 amide bonds. The molecule has 1 atom stereocenters. The fourth-order valence-electron chi connectivity index (χ4n) is 6.88. The Balaban J connectivity index is 1.26. The molecular weight excluding hydrogens is 587 g/mol. The van der Waals surface area contributed by atoms with Crippen LogP contribution in [0, 0.1) is 5.82 Å². The Morgan fingerprint density at radius 2 is 1.38 bits per heavy atom. The lowest BCUT2D eigenvalue weighted by atomic mass is 9.78. The molecule has 2 aromatic heterocycles. The van der Waals surface area contributed by atoms with Gasteiger partial charge >= 0.3 is 14.2 Å². The number of fused-ring (bicyclic) bond motifs is 6. The molecule has 1 aliphatic carbocycles. The maximum absolute atomic E-state index is 16.3. The summed E-state index contributed by atoms with van der Waals surface area (Å²) in [6.45, 7) is 16.2. The number of benzene rings is 2. The van der Waals surface area contributed by atoms with Crippen molar-refractivity contribution in [3.05, 3.63) is 63.6 Å². The number of rotatable bonds is 3. The van der Waals surface area contributed by atoms with Crippen LogP contribution in [0.3, 0.4) is 0 Å². The lowest BCUT2D eigenvalue weighted by Crippen LogP contribution is -2.41. The summed E-state index contributed by atoms with van der Waals surface area (Å²) >= 11 is 1.82. The van der Waals surface area contributed by atoms with E-state index in [1.807, 2.05) is 45.1 Å². The van der Waals surface area contributed by atoms with Crippen molar-refractivity contribution in [2.45, 2.75) is 110 Å². The number of nitrogens with zero attached hydrogens (tertiary/aromatic N) is 1. The minimum atomic E-state index is -0.693. The van der Waals surface area contributed by atoms with Crippen LogP contribution >= 0.6 is 11.3 Å². The van der Waals surface area contributed by atoms with Crippen LogP contribution in [0.1, 0.15) is 89.8 Å². The summed E-state index contributed by atoms with van der Waals surface area (Å²) in [6.07, 6.45) is 4.17. The fraction of sp³-hybridized carbons (Fsp3) is 0.486. The van der Waals surface area contributed by atoms with Crippen LogP contribution in [0.25, 0.3) is 22.2 Å². The smallest absolute Gasteiger partial charge is 0.464 e. The monoisotopic (exact) mass is 627 g/mol. The number of halogens is 1. The highest BCUT2D eigenvalue weighted by molar-refractivity contribution is 7.12. The van der Waals surface area contributed by atoms with Gasteiger partial charge in [0.2, 0.25) is 6.23 Å². The summed E-state index contributed by atoms with van der Waals surface area (Å²) in [5.41, 5.74) is 3.20. The number of thiophene rings is 1. The summed E-state index contributed by atoms with van der Waals surface area (Å²) in [6, 6.07) is 14.1. The average molecular weight is 627 g/mol. The molecule has 1 unspecified atom stereocenters. The topological polar surface area (TPSA) is 51.1 Å². The number of aromatic nitrogens is 1. The van der Waals surface area contributed by atoms with E-state index in [9.17, 15) is 0 Å². The maximum Gasteiger partial charge on any atom is 0.495 e. The number of aryl methyl sites for hydroxylation is 2. The van der Waals surface area contributed by atoms with Gasteiger partial charge in [0, 0.05) is 10.3 Å². The van der Waals surface area contributed by atoms with E-state index in [0.29, 0.717) is 16.8 Å². The molecule has 0 saturated carbocycles. The molecule has 8 rings (SSSR count). The molecular formula is C35H40B2FNO5S. The van der Waals surface area contributed by atoms with Crippen LogP contribution in [-0.4, -0.2) is 41.2 Å². The molecule has 2 fully saturated rings. The lowest BCUT2D eigenvalue weighted by molar-refractivity contribution is 0.00578. The summed E-state index contributed by atoms with van der Waals surface area (Å²) < 4.78 is 50.7. The van der Waals surface area contributed by atoms with E-state index in [2.05, 4.69) is 62.6 Å². The van der Waals surface area contributed by atoms with Crippen molar-refractivity contribution >= 4 is 47.4 Å². The second-order valence-electron chi connectivity index (χ2n) is 15.0. The predicted molar refractivity (Wildman–Crippen MR) is 178 cm³/mol. The van der Waals surface area contributed by atoms with Crippen LogP contribution in [-0.2, 0) is 31.5 Å². The molecule has 5 heterocycles. The molecule has 2 saturated heterocycles. The molecule has 3 aliphatic heterocycles.